The molecular weight excluding hydrogens is 276 g/mol. The zero-order valence-corrected chi connectivity index (χ0v) is 12.5. The highest BCUT2D eigenvalue weighted by atomic mass is 16.2. The van der Waals surface area contributed by atoms with Crippen LogP contribution in [-0.4, -0.2) is 30.7 Å². The van der Waals surface area contributed by atoms with E-state index in [9.17, 15) is 9.59 Å². The first-order chi connectivity index (χ1) is 10.6. The SMILES string of the molecule is CN1C(=O)c2ccccc2N(C)/C1=C/C(=O)c1ccccc1. The van der Waals surface area contributed by atoms with Crippen LogP contribution in [-0.2, 0) is 0 Å². The lowest BCUT2D eigenvalue weighted by molar-refractivity contribution is 0.0825. The van der Waals surface area contributed by atoms with Gasteiger partial charge in [0.1, 0.15) is 5.82 Å². The molecule has 2 aromatic rings. The Hall–Kier alpha value is -2.88. The van der Waals surface area contributed by atoms with Gasteiger partial charge in [-0.05, 0) is 12.1 Å². The summed E-state index contributed by atoms with van der Waals surface area (Å²) in [4.78, 5) is 28.2. The molecule has 2 aromatic carbocycles. The van der Waals surface area contributed by atoms with E-state index in [-0.39, 0.29) is 11.7 Å². The maximum absolute atomic E-state index is 12.4. The van der Waals surface area contributed by atoms with E-state index in [4.69, 9.17) is 0 Å². The normalized spacial score (nSPS) is 15.9. The monoisotopic (exact) mass is 292 g/mol. The molecule has 22 heavy (non-hydrogen) atoms. The van der Waals surface area contributed by atoms with E-state index >= 15 is 0 Å². The van der Waals surface area contributed by atoms with E-state index in [1.54, 1.807) is 25.2 Å². The molecule has 0 saturated heterocycles. The Kier molecular flexibility index (Phi) is 3.51. The molecule has 3 rings (SSSR count). The summed E-state index contributed by atoms with van der Waals surface area (Å²) in [6.07, 6.45) is 1.50. The summed E-state index contributed by atoms with van der Waals surface area (Å²) in [7, 11) is 3.53. The van der Waals surface area contributed by atoms with Gasteiger partial charge in [-0.3, -0.25) is 14.5 Å². The molecule has 1 amide bonds. The standard InChI is InChI=1S/C18H16N2O2/c1-19-15-11-7-6-10-14(15)18(22)20(2)17(19)12-16(21)13-8-4-3-5-9-13/h3-12H,1-2H3/b17-12-. The molecule has 0 atom stereocenters. The fourth-order valence-electron chi connectivity index (χ4n) is 2.58. The lowest BCUT2D eigenvalue weighted by Gasteiger charge is -2.35. The van der Waals surface area contributed by atoms with Crippen LogP contribution in [0, 0.1) is 0 Å². The van der Waals surface area contributed by atoms with Crippen molar-refractivity contribution in [2.75, 3.05) is 19.0 Å². The summed E-state index contributed by atoms with van der Waals surface area (Å²) in [6, 6.07) is 16.4. The Morgan fingerprint density at radius 1 is 0.909 bits per heavy atom. The van der Waals surface area contributed by atoms with Gasteiger partial charge in [-0.15, -0.1) is 0 Å². The summed E-state index contributed by atoms with van der Waals surface area (Å²) in [5.41, 5.74) is 2.04. The molecule has 1 aliphatic heterocycles. The lowest BCUT2D eigenvalue weighted by atomic mass is 10.1. The number of benzene rings is 2. The number of nitrogens with zero attached hydrogens (tertiary/aromatic N) is 2. The fourth-order valence-corrected chi connectivity index (χ4v) is 2.58. The van der Waals surface area contributed by atoms with E-state index in [1.807, 2.05) is 48.3 Å². The predicted octanol–water partition coefficient (Wildman–Crippen LogP) is 2.93. The van der Waals surface area contributed by atoms with Crippen LogP contribution in [0.2, 0.25) is 0 Å². The Morgan fingerprint density at radius 2 is 1.55 bits per heavy atom. The third-order valence-corrected chi connectivity index (χ3v) is 3.81. The molecular formula is C18H16N2O2. The highest BCUT2D eigenvalue weighted by Gasteiger charge is 2.29. The molecule has 0 fully saturated rings. The van der Waals surface area contributed by atoms with E-state index in [2.05, 4.69) is 0 Å². The van der Waals surface area contributed by atoms with Crippen LogP contribution >= 0.6 is 0 Å². The van der Waals surface area contributed by atoms with E-state index in [0.717, 1.165) is 5.69 Å². The largest absolute Gasteiger partial charge is 0.330 e. The number of hydrogen-bond donors (Lipinski definition) is 0. The van der Waals surface area contributed by atoms with Crippen molar-refractivity contribution in [3.05, 3.63) is 77.6 Å². The van der Waals surface area contributed by atoms with Gasteiger partial charge in [-0.25, -0.2) is 0 Å². The first kappa shape index (κ1) is 14.1. The van der Waals surface area contributed by atoms with Gasteiger partial charge in [0, 0.05) is 25.7 Å². The van der Waals surface area contributed by atoms with Crippen LogP contribution in [0.3, 0.4) is 0 Å². The van der Waals surface area contributed by atoms with Crippen molar-refractivity contribution in [3.63, 3.8) is 0 Å². The molecule has 1 aliphatic rings. The summed E-state index contributed by atoms with van der Waals surface area (Å²) in [6.45, 7) is 0. The predicted molar refractivity (Wildman–Crippen MR) is 85.8 cm³/mol. The second kappa shape index (κ2) is 5.48. The van der Waals surface area contributed by atoms with Crippen molar-refractivity contribution in [1.29, 1.82) is 0 Å². The van der Waals surface area contributed by atoms with Gasteiger partial charge in [-0.1, -0.05) is 42.5 Å². The Morgan fingerprint density at radius 3 is 2.27 bits per heavy atom. The van der Waals surface area contributed by atoms with Crippen molar-refractivity contribution in [2.24, 2.45) is 0 Å². The second-order valence-corrected chi connectivity index (χ2v) is 5.17. The third-order valence-electron chi connectivity index (χ3n) is 3.81. The molecule has 4 nitrogen and oxygen atoms in total. The van der Waals surface area contributed by atoms with Gasteiger partial charge in [-0.2, -0.15) is 0 Å². The van der Waals surface area contributed by atoms with Gasteiger partial charge < -0.3 is 4.90 Å². The summed E-state index contributed by atoms with van der Waals surface area (Å²) >= 11 is 0. The molecule has 4 heteroatoms. The molecule has 1 heterocycles. The molecule has 0 N–H and O–H groups in total. The van der Waals surface area contributed by atoms with Crippen LogP contribution in [0.15, 0.2) is 66.5 Å². The molecule has 0 radical (unpaired) electrons. The summed E-state index contributed by atoms with van der Waals surface area (Å²) in [5.74, 6) is 0.333. The van der Waals surface area contributed by atoms with Gasteiger partial charge in [0.2, 0.25) is 0 Å². The number of amides is 1. The van der Waals surface area contributed by atoms with Crippen LogP contribution in [0.25, 0.3) is 0 Å². The quantitative estimate of drug-likeness (QED) is 0.631. The summed E-state index contributed by atoms with van der Waals surface area (Å²) in [5, 5.41) is 0. The Labute approximate surface area is 129 Å². The molecule has 0 saturated carbocycles. The Bertz CT molecular complexity index is 766. The van der Waals surface area contributed by atoms with Gasteiger partial charge in [0.15, 0.2) is 5.78 Å². The van der Waals surface area contributed by atoms with E-state index in [1.165, 1.54) is 11.0 Å². The van der Waals surface area contributed by atoms with Gasteiger partial charge in [0.05, 0.1) is 11.3 Å². The number of hydrogen-bond acceptors (Lipinski definition) is 3. The number of allylic oxidation sites excluding steroid dienone is 1. The highest BCUT2D eigenvalue weighted by molar-refractivity contribution is 6.08. The Balaban J connectivity index is 2.03. The molecule has 0 aromatic heterocycles. The smallest absolute Gasteiger partial charge is 0.261 e. The second-order valence-electron chi connectivity index (χ2n) is 5.17. The van der Waals surface area contributed by atoms with Crippen LogP contribution in [0.4, 0.5) is 5.69 Å². The topological polar surface area (TPSA) is 40.6 Å². The van der Waals surface area contributed by atoms with E-state index < -0.39 is 0 Å². The van der Waals surface area contributed by atoms with Crippen molar-refractivity contribution in [3.8, 4) is 0 Å². The summed E-state index contributed by atoms with van der Waals surface area (Å²) < 4.78 is 0. The minimum Gasteiger partial charge on any atom is -0.330 e. The zero-order chi connectivity index (χ0) is 15.7. The van der Waals surface area contributed by atoms with Gasteiger partial charge >= 0.3 is 0 Å². The molecule has 110 valence electrons. The first-order valence-electron chi connectivity index (χ1n) is 7.01. The van der Waals surface area contributed by atoms with Crippen LogP contribution in [0.1, 0.15) is 20.7 Å². The van der Waals surface area contributed by atoms with Crippen molar-refractivity contribution in [1.82, 2.24) is 4.90 Å². The van der Waals surface area contributed by atoms with Crippen LogP contribution < -0.4 is 4.90 Å². The number of fused-ring (bicyclic) bond motifs is 1. The van der Waals surface area contributed by atoms with E-state index in [0.29, 0.717) is 16.9 Å². The third kappa shape index (κ3) is 2.29. The van der Waals surface area contributed by atoms with Crippen molar-refractivity contribution < 1.29 is 9.59 Å². The average molecular weight is 292 g/mol. The number of para-hydroxylation sites is 1. The number of anilines is 1. The molecule has 0 aliphatic carbocycles. The number of carbonyl (C=O) groups excluding carboxylic acids is 2. The average Bonchev–Trinajstić information content (AvgIpc) is 2.57. The minimum absolute atomic E-state index is 0.110. The molecule has 0 unspecified atom stereocenters. The minimum atomic E-state index is -0.124. The maximum atomic E-state index is 12.4. The number of ketones is 1. The zero-order valence-electron chi connectivity index (χ0n) is 12.5. The maximum Gasteiger partial charge on any atom is 0.261 e. The van der Waals surface area contributed by atoms with Gasteiger partial charge in [0.25, 0.3) is 5.91 Å². The number of carbonyl (C=O) groups is 2. The molecule has 0 spiro atoms. The number of rotatable bonds is 2. The molecule has 0 bridgehead atoms. The highest BCUT2D eigenvalue weighted by Crippen LogP contribution is 2.30. The van der Waals surface area contributed by atoms with Crippen molar-refractivity contribution >= 4 is 17.4 Å². The van der Waals surface area contributed by atoms with Crippen LogP contribution in [0.5, 0.6) is 0 Å². The fraction of sp³-hybridized carbons (Fsp3) is 0.111. The lowest BCUT2D eigenvalue weighted by Crippen LogP contribution is -2.40. The van der Waals surface area contributed by atoms with Crippen molar-refractivity contribution in [2.45, 2.75) is 0 Å². The first-order valence-corrected chi connectivity index (χ1v) is 7.01.